The van der Waals surface area contributed by atoms with Crippen LogP contribution in [0.5, 0.6) is 17.2 Å². The minimum Gasteiger partial charge on any atom is -0.497 e. The van der Waals surface area contributed by atoms with E-state index in [1.54, 1.807) is 57.4 Å². The van der Waals surface area contributed by atoms with Gasteiger partial charge < -0.3 is 23.4 Å². The van der Waals surface area contributed by atoms with Crippen molar-refractivity contribution < 1.29 is 28.2 Å². The molecule has 0 saturated carbocycles. The van der Waals surface area contributed by atoms with Crippen LogP contribution in [-0.4, -0.2) is 32.9 Å². The first-order valence-corrected chi connectivity index (χ1v) is 9.46. The molecule has 158 valence electrons. The molecular formula is C23H24O7. The lowest BCUT2D eigenvalue weighted by Crippen LogP contribution is -2.18. The van der Waals surface area contributed by atoms with Gasteiger partial charge in [0.1, 0.15) is 22.8 Å². The second kappa shape index (κ2) is 8.90. The lowest BCUT2D eigenvalue weighted by molar-refractivity contribution is -0.149. The molecule has 7 nitrogen and oxygen atoms in total. The highest BCUT2D eigenvalue weighted by Crippen LogP contribution is 2.36. The molecule has 0 aliphatic rings. The van der Waals surface area contributed by atoms with Crippen LogP contribution in [0.4, 0.5) is 0 Å². The smallest absolute Gasteiger partial charge is 0.344 e. The first kappa shape index (κ1) is 21.2. The third-order valence-electron chi connectivity index (χ3n) is 4.54. The van der Waals surface area contributed by atoms with Crippen molar-refractivity contribution in [1.29, 1.82) is 0 Å². The Balaban J connectivity index is 2.03. The molecule has 3 aromatic rings. The first-order valence-electron chi connectivity index (χ1n) is 9.46. The van der Waals surface area contributed by atoms with Crippen molar-refractivity contribution in [2.45, 2.75) is 26.9 Å². The van der Waals surface area contributed by atoms with Gasteiger partial charge in [0.2, 0.25) is 0 Å². The number of hydrogen-bond acceptors (Lipinski definition) is 7. The van der Waals surface area contributed by atoms with Crippen LogP contribution in [0.3, 0.4) is 0 Å². The highest BCUT2D eigenvalue weighted by molar-refractivity contribution is 5.89. The van der Waals surface area contributed by atoms with E-state index in [0.29, 0.717) is 44.9 Å². The standard InChI is InChI=1S/C23H24O7/c1-13(2)29-21(24)12-28-16-7-9-19-18(10-16)14(3)22(23(25)30-19)17-8-6-15(26-4)11-20(17)27-5/h6-11,13H,12H2,1-5H3. The molecule has 1 heterocycles. The average molecular weight is 412 g/mol. The van der Waals surface area contributed by atoms with Crippen LogP contribution >= 0.6 is 0 Å². The molecule has 30 heavy (non-hydrogen) atoms. The second-order valence-corrected chi connectivity index (χ2v) is 6.94. The van der Waals surface area contributed by atoms with E-state index in [4.69, 9.17) is 23.4 Å². The normalized spacial score (nSPS) is 10.9. The fourth-order valence-corrected chi connectivity index (χ4v) is 3.18. The maximum atomic E-state index is 12.7. The zero-order chi connectivity index (χ0) is 21.8. The van der Waals surface area contributed by atoms with Gasteiger partial charge in [-0.25, -0.2) is 9.59 Å². The summed E-state index contributed by atoms with van der Waals surface area (Å²) in [6.07, 6.45) is -0.212. The Morgan fingerprint density at radius 2 is 1.77 bits per heavy atom. The number of aryl methyl sites for hydroxylation is 1. The summed E-state index contributed by atoms with van der Waals surface area (Å²) >= 11 is 0. The summed E-state index contributed by atoms with van der Waals surface area (Å²) < 4.78 is 26.8. The van der Waals surface area contributed by atoms with E-state index in [-0.39, 0.29) is 12.7 Å². The quantitative estimate of drug-likeness (QED) is 0.426. The van der Waals surface area contributed by atoms with E-state index < -0.39 is 11.6 Å². The average Bonchev–Trinajstić information content (AvgIpc) is 2.72. The minimum atomic E-state index is -0.474. The van der Waals surface area contributed by atoms with Gasteiger partial charge in [-0.2, -0.15) is 0 Å². The van der Waals surface area contributed by atoms with Crippen molar-refractivity contribution in [3.63, 3.8) is 0 Å². The van der Waals surface area contributed by atoms with Crippen molar-refractivity contribution in [2.24, 2.45) is 0 Å². The van der Waals surface area contributed by atoms with Crippen LogP contribution in [0.15, 0.2) is 45.6 Å². The Bertz CT molecular complexity index is 1130. The molecule has 0 atom stereocenters. The molecule has 0 amide bonds. The van der Waals surface area contributed by atoms with Crippen LogP contribution in [0.25, 0.3) is 22.1 Å². The first-order chi connectivity index (χ1) is 14.3. The summed E-state index contributed by atoms with van der Waals surface area (Å²) in [6, 6.07) is 10.2. The Hall–Kier alpha value is -3.48. The van der Waals surface area contributed by atoms with Crippen LogP contribution in [0.1, 0.15) is 19.4 Å². The maximum Gasteiger partial charge on any atom is 0.344 e. The summed E-state index contributed by atoms with van der Waals surface area (Å²) in [4.78, 5) is 24.5. The zero-order valence-electron chi connectivity index (χ0n) is 17.6. The third kappa shape index (κ3) is 4.40. The van der Waals surface area contributed by atoms with Crippen molar-refractivity contribution in [2.75, 3.05) is 20.8 Å². The molecule has 0 aliphatic carbocycles. The van der Waals surface area contributed by atoms with E-state index >= 15 is 0 Å². The predicted molar refractivity (Wildman–Crippen MR) is 112 cm³/mol. The summed E-state index contributed by atoms with van der Waals surface area (Å²) in [5.41, 5.74) is 1.64. The molecule has 0 spiro atoms. The van der Waals surface area contributed by atoms with Crippen LogP contribution in [0, 0.1) is 6.92 Å². The number of methoxy groups -OCH3 is 2. The summed E-state index contributed by atoms with van der Waals surface area (Å²) in [6.45, 7) is 5.16. The summed E-state index contributed by atoms with van der Waals surface area (Å²) in [5, 5.41) is 0.692. The van der Waals surface area contributed by atoms with E-state index in [1.807, 2.05) is 6.92 Å². The van der Waals surface area contributed by atoms with Crippen LogP contribution in [-0.2, 0) is 9.53 Å². The molecule has 0 bridgehead atoms. The van der Waals surface area contributed by atoms with Gasteiger partial charge >= 0.3 is 11.6 Å². The van der Waals surface area contributed by atoms with Gasteiger partial charge in [-0.15, -0.1) is 0 Å². The predicted octanol–water partition coefficient (Wildman–Crippen LogP) is 4.12. The zero-order valence-corrected chi connectivity index (χ0v) is 17.6. The second-order valence-electron chi connectivity index (χ2n) is 6.94. The fourth-order valence-electron chi connectivity index (χ4n) is 3.18. The number of ether oxygens (including phenoxy) is 4. The van der Waals surface area contributed by atoms with Crippen LogP contribution < -0.4 is 19.8 Å². The molecule has 7 heteroatoms. The SMILES string of the molecule is COc1ccc(-c2c(C)c3cc(OCC(=O)OC(C)C)ccc3oc2=O)c(OC)c1. The molecule has 0 unspecified atom stereocenters. The molecule has 2 aromatic carbocycles. The number of hydrogen-bond donors (Lipinski definition) is 0. The molecule has 0 aliphatic heterocycles. The summed E-state index contributed by atoms with van der Waals surface area (Å²) in [5.74, 6) is 1.12. The molecule has 0 radical (unpaired) electrons. The number of fused-ring (bicyclic) bond motifs is 1. The summed E-state index contributed by atoms with van der Waals surface area (Å²) in [7, 11) is 3.08. The van der Waals surface area contributed by atoms with Gasteiger partial charge in [0.25, 0.3) is 0 Å². The number of carbonyl (C=O) groups is 1. The Morgan fingerprint density at radius 1 is 1.03 bits per heavy atom. The van der Waals surface area contributed by atoms with Gasteiger partial charge in [-0.05, 0) is 56.7 Å². The number of benzene rings is 2. The fraction of sp³-hybridized carbons (Fsp3) is 0.304. The molecular weight excluding hydrogens is 388 g/mol. The Labute approximate surface area is 174 Å². The number of carbonyl (C=O) groups excluding carboxylic acids is 1. The lowest BCUT2D eigenvalue weighted by Gasteiger charge is -2.14. The molecule has 3 rings (SSSR count). The molecule has 0 fully saturated rings. The van der Waals surface area contributed by atoms with Crippen molar-refractivity contribution >= 4 is 16.9 Å². The van der Waals surface area contributed by atoms with Gasteiger partial charge in [0, 0.05) is 17.0 Å². The Morgan fingerprint density at radius 3 is 2.43 bits per heavy atom. The van der Waals surface area contributed by atoms with Crippen molar-refractivity contribution in [1.82, 2.24) is 0 Å². The van der Waals surface area contributed by atoms with Crippen molar-refractivity contribution in [3.8, 4) is 28.4 Å². The monoisotopic (exact) mass is 412 g/mol. The maximum absolute atomic E-state index is 12.7. The number of rotatable bonds is 7. The third-order valence-corrected chi connectivity index (χ3v) is 4.54. The number of esters is 1. The minimum absolute atomic E-state index is 0.210. The topological polar surface area (TPSA) is 84.2 Å². The van der Waals surface area contributed by atoms with Gasteiger partial charge in [0.15, 0.2) is 6.61 Å². The van der Waals surface area contributed by atoms with Crippen molar-refractivity contribution in [3.05, 3.63) is 52.4 Å². The van der Waals surface area contributed by atoms with Gasteiger partial charge in [-0.3, -0.25) is 0 Å². The highest BCUT2D eigenvalue weighted by Gasteiger charge is 2.18. The molecule has 0 N–H and O–H groups in total. The largest absolute Gasteiger partial charge is 0.497 e. The van der Waals surface area contributed by atoms with E-state index in [2.05, 4.69) is 0 Å². The van der Waals surface area contributed by atoms with E-state index in [1.165, 1.54) is 7.11 Å². The highest BCUT2D eigenvalue weighted by atomic mass is 16.6. The van der Waals surface area contributed by atoms with Crippen LogP contribution in [0.2, 0.25) is 0 Å². The lowest BCUT2D eigenvalue weighted by atomic mass is 9.98. The molecule has 1 aromatic heterocycles. The van der Waals surface area contributed by atoms with E-state index in [9.17, 15) is 9.59 Å². The van der Waals surface area contributed by atoms with E-state index in [0.717, 1.165) is 0 Å². The van der Waals surface area contributed by atoms with Gasteiger partial charge in [-0.1, -0.05) is 0 Å². The Kier molecular flexibility index (Phi) is 6.30. The molecule has 0 saturated heterocycles. The van der Waals surface area contributed by atoms with Gasteiger partial charge in [0.05, 0.1) is 25.9 Å².